The molecule has 4 heteroatoms. The minimum atomic E-state index is -0.151. The van der Waals surface area contributed by atoms with Crippen LogP contribution in [0.3, 0.4) is 0 Å². The zero-order valence-electron chi connectivity index (χ0n) is 11.5. The minimum absolute atomic E-state index is 0.151. The summed E-state index contributed by atoms with van der Waals surface area (Å²) in [6.45, 7) is 3.18. The van der Waals surface area contributed by atoms with Gasteiger partial charge in [-0.1, -0.05) is 18.2 Å². The fourth-order valence-electron chi connectivity index (χ4n) is 2.34. The first-order valence-electron chi connectivity index (χ1n) is 6.79. The number of aryl methyl sites for hydroxylation is 1. The second-order valence-corrected chi connectivity index (χ2v) is 5.01. The molecule has 2 aromatic rings. The summed E-state index contributed by atoms with van der Waals surface area (Å²) in [7, 11) is 0. The number of aromatic nitrogens is 1. The molecule has 0 fully saturated rings. The molecule has 0 aliphatic carbocycles. The molecule has 0 amide bonds. The van der Waals surface area contributed by atoms with Crippen LogP contribution in [0, 0.1) is 6.92 Å². The van der Waals surface area contributed by atoms with Crippen LogP contribution in [-0.2, 0) is 6.42 Å². The molecule has 1 aliphatic heterocycles. The number of para-hydroxylation sites is 1. The molecule has 0 bridgehead atoms. The summed E-state index contributed by atoms with van der Waals surface area (Å²) in [6.07, 6.45) is 2.54. The van der Waals surface area contributed by atoms with Crippen LogP contribution in [0.2, 0.25) is 0 Å². The van der Waals surface area contributed by atoms with Crippen LogP contribution in [0.1, 0.15) is 22.9 Å². The number of benzene rings is 1. The largest absolute Gasteiger partial charge is 0.486 e. The van der Waals surface area contributed by atoms with Gasteiger partial charge in [0, 0.05) is 29.9 Å². The van der Waals surface area contributed by atoms with Gasteiger partial charge in [-0.3, -0.25) is 4.98 Å². The Labute approximate surface area is 118 Å². The van der Waals surface area contributed by atoms with Crippen LogP contribution in [0.5, 0.6) is 11.5 Å². The second-order valence-electron chi connectivity index (χ2n) is 5.01. The Morgan fingerprint density at radius 3 is 2.85 bits per heavy atom. The quantitative estimate of drug-likeness (QED) is 0.930. The summed E-state index contributed by atoms with van der Waals surface area (Å²) in [4.78, 5) is 4.40. The van der Waals surface area contributed by atoms with E-state index in [0.717, 1.165) is 28.3 Å². The van der Waals surface area contributed by atoms with E-state index in [9.17, 15) is 0 Å². The fourth-order valence-corrected chi connectivity index (χ4v) is 2.34. The molecule has 1 atom stereocenters. The Balaban J connectivity index is 1.83. The van der Waals surface area contributed by atoms with Gasteiger partial charge in [-0.2, -0.15) is 0 Å². The van der Waals surface area contributed by atoms with Crippen molar-refractivity contribution in [3.63, 3.8) is 0 Å². The average Bonchev–Trinajstić information content (AvgIpc) is 2.49. The van der Waals surface area contributed by atoms with Gasteiger partial charge in [-0.15, -0.1) is 0 Å². The van der Waals surface area contributed by atoms with Crippen LogP contribution < -0.4 is 15.2 Å². The van der Waals surface area contributed by atoms with E-state index in [1.807, 2.05) is 37.4 Å². The lowest BCUT2D eigenvalue weighted by atomic mass is 10.0. The van der Waals surface area contributed by atoms with Crippen LogP contribution in [0.15, 0.2) is 36.5 Å². The Morgan fingerprint density at radius 2 is 2.05 bits per heavy atom. The molecule has 1 unspecified atom stereocenters. The van der Waals surface area contributed by atoms with Crippen LogP contribution in [-0.4, -0.2) is 18.2 Å². The summed E-state index contributed by atoms with van der Waals surface area (Å²) in [5, 5.41) is 0. The van der Waals surface area contributed by atoms with Crippen molar-refractivity contribution in [1.29, 1.82) is 0 Å². The third kappa shape index (κ3) is 2.60. The van der Waals surface area contributed by atoms with Crippen molar-refractivity contribution in [3.05, 3.63) is 53.3 Å². The first kappa shape index (κ1) is 12.9. The van der Waals surface area contributed by atoms with Gasteiger partial charge in [0.15, 0.2) is 11.5 Å². The number of nitrogens with two attached hydrogens (primary N) is 1. The molecule has 20 heavy (non-hydrogen) atoms. The number of hydrogen-bond donors (Lipinski definition) is 1. The first-order chi connectivity index (χ1) is 9.74. The van der Waals surface area contributed by atoms with Crippen molar-refractivity contribution < 1.29 is 9.47 Å². The third-order valence-corrected chi connectivity index (χ3v) is 3.40. The summed E-state index contributed by atoms with van der Waals surface area (Å²) in [6, 6.07) is 9.77. The number of hydrogen-bond acceptors (Lipinski definition) is 4. The summed E-state index contributed by atoms with van der Waals surface area (Å²) in [5.74, 6) is 1.56. The fraction of sp³-hybridized carbons (Fsp3) is 0.312. The molecule has 0 radical (unpaired) electrons. The van der Waals surface area contributed by atoms with E-state index in [2.05, 4.69) is 11.1 Å². The Bertz CT molecular complexity index is 596. The number of nitrogens with zero attached hydrogens (tertiary/aromatic N) is 1. The number of fused-ring (bicyclic) bond motifs is 1. The second kappa shape index (κ2) is 5.51. The number of ether oxygens (including phenoxy) is 2. The van der Waals surface area contributed by atoms with E-state index in [1.165, 1.54) is 0 Å². The molecule has 0 saturated carbocycles. The normalized spacial score (nSPS) is 14.9. The van der Waals surface area contributed by atoms with E-state index in [4.69, 9.17) is 15.2 Å². The molecule has 1 aromatic heterocycles. The SMILES string of the molecule is Cc1ccc(CC(N)c2cccc3c2OCCO3)nc1. The van der Waals surface area contributed by atoms with Crippen molar-refractivity contribution in [2.24, 2.45) is 5.73 Å². The van der Waals surface area contributed by atoms with Gasteiger partial charge >= 0.3 is 0 Å². The van der Waals surface area contributed by atoms with Crippen LogP contribution in [0.4, 0.5) is 0 Å². The number of rotatable bonds is 3. The molecule has 2 heterocycles. The highest BCUT2D eigenvalue weighted by Gasteiger charge is 2.20. The van der Waals surface area contributed by atoms with Gasteiger partial charge in [0.05, 0.1) is 0 Å². The lowest BCUT2D eigenvalue weighted by Crippen LogP contribution is -2.20. The zero-order valence-corrected chi connectivity index (χ0v) is 11.5. The van der Waals surface area contributed by atoms with Crippen molar-refractivity contribution in [1.82, 2.24) is 4.98 Å². The van der Waals surface area contributed by atoms with Gasteiger partial charge in [0.2, 0.25) is 0 Å². The maximum atomic E-state index is 6.31. The smallest absolute Gasteiger partial charge is 0.166 e. The molecule has 0 saturated heterocycles. The number of pyridine rings is 1. The highest BCUT2D eigenvalue weighted by Crippen LogP contribution is 2.36. The molecule has 2 N–H and O–H groups in total. The lowest BCUT2D eigenvalue weighted by molar-refractivity contribution is 0.169. The highest BCUT2D eigenvalue weighted by molar-refractivity contribution is 5.49. The van der Waals surface area contributed by atoms with Crippen molar-refractivity contribution in [3.8, 4) is 11.5 Å². The maximum absolute atomic E-state index is 6.31. The molecule has 4 nitrogen and oxygen atoms in total. The first-order valence-corrected chi connectivity index (χ1v) is 6.79. The van der Waals surface area contributed by atoms with Crippen molar-refractivity contribution in [2.75, 3.05) is 13.2 Å². The predicted octanol–water partition coefficient (Wildman–Crippen LogP) is 2.40. The molecule has 1 aromatic carbocycles. The highest BCUT2D eigenvalue weighted by atomic mass is 16.6. The third-order valence-electron chi connectivity index (χ3n) is 3.40. The Hall–Kier alpha value is -2.07. The van der Waals surface area contributed by atoms with Crippen molar-refractivity contribution in [2.45, 2.75) is 19.4 Å². The van der Waals surface area contributed by atoms with Crippen LogP contribution in [0.25, 0.3) is 0 Å². The predicted molar refractivity (Wildman–Crippen MR) is 77.0 cm³/mol. The topological polar surface area (TPSA) is 57.4 Å². The monoisotopic (exact) mass is 270 g/mol. The van der Waals surface area contributed by atoms with E-state index in [0.29, 0.717) is 19.6 Å². The van der Waals surface area contributed by atoms with E-state index in [1.54, 1.807) is 0 Å². The summed E-state index contributed by atoms with van der Waals surface area (Å²) >= 11 is 0. The lowest BCUT2D eigenvalue weighted by Gasteiger charge is -2.23. The minimum Gasteiger partial charge on any atom is -0.486 e. The van der Waals surface area contributed by atoms with Gasteiger partial charge < -0.3 is 15.2 Å². The zero-order chi connectivity index (χ0) is 13.9. The Kier molecular flexibility index (Phi) is 3.56. The molecule has 104 valence electrons. The molecule has 1 aliphatic rings. The average molecular weight is 270 g/mol. The van der Waals surface area contributed by atoms with Crippen LogP contribution >= 0.6 is 0 Å². The van der Waals surface area contributed by atoms with Gasteiger partial charge in [0.25, 0.3) is 0 Å². The molecular formula is C16H18N2O2. The van der Waals surface area contributed by atoms with E-state index < -0.39 is 0 Å². The standard InChI is InChI=1S/C16H18N2O2/c1-11-5-6-12(18-10-11)9-14(17)13-3-2-4-15-16(13)20-8-7-19-15/h2-6,10,14H,7-9,17H2,1H3. The molecule has 0 spiro atoms. The van der Waals surface area contributed by atoms with E-state index in [-0.39, 0.29) is 6.04 Å². The summed E-state index contributed by atoms with van der Waals surface area (Å²) in [5.41, 5.74) is 9.42. The van der Waals surface area contributed by atoms with Crippen molar-refractivity contribution >= 4 is 0 Å². The van der Waals surface area contributed by atoms with Gasteiger partial charge in [0.1, 0.15) is 13.2 Å². The molecular weight excluding hydrogens is 252 g/mol. The maximum Gasteiger partial charge on any atom is 0.166 e. The van der Waals surface area contributed by atoms with Gasteiger partial charge in [-0.25, -0.2) is 0 Å². The van der Waals surface area contributed by atoms with Gasteiger partial charge in [-0.05, 0) is 24.6 Å². The Morgan fingerprint density at radius 1 is 1.20 bits per heavy atom. The molecule has 3 rings (SSSR count). The summed E-state index contributed by atoms with van der Waals surface area (Å²) < 4.78 is 11.3. The van der Waals surface area contributed by atoms with E-state index >= 15 is 0 Å².